The fourth-order valence-electron chi connectivity index (χ4n) is 2.92. The Morgan fingerprint density at radius 1 is 1.24 bits per heavy atom. The third kappa shape index (κ3) is 2.71. The first-order chi connectivity index (χ1) is 9.96. The van der Waals surface area contributed by atoms with Crippen LogP contribution in [0.5, 0.6) is 0 Å². The highest BCUT2D eigenvalue weighted by Crippen LogP contribution is 2.27. The summed E-state index contributed by atoms with van der Waals surface area (Å²) in [6, 6.07) is 5.49. The zero-order valence-corrected chi connectivity index (χ0v) is 12.2. The predicted octanol–water partition coefficient (Wildman–Crippen LogP) is 1.59. The summed E-state index contributed by atoms with van der Waals surface area (Å²) in [6.45, 7) is 4.80. The van der Waals surface area contributed by atoms with Crippen LogP contribution in [-0.2, 0) is 4.74 Å². The topological polar surface area (TPSA) is 87.0 Å². The lowest BCUT2D eigenvalue weighted by Crippen LogP contribution is -2.40. The zero-order valence-electron chi connectivity index (χ0n) is 12.2. The van der Waals surface area contributed by atoms with E-state index in [0.717, 1.165) is 12.8 Å². The number of anilines is 1. The van der Waals surface area contributed by atoms with Gasteiger partial charge in [0.05, 0.1) is 16.4 Å². The van der Waals surface area contributed by atoms with Crippen LogP contribution in [0, 0.1) is 0 Å². The Balaban J connectivity index is 2.00. The molecule has 6 nitrogen and oxygen atoms in total. The molecule has 0 radical (unpaired) electrons. The second-order valence-electron chi connectivity index (χ2n) is 6.08. The smallest absolute Gasteiger partial charge is 0.272 e. The van der Waals surface area contributed by atoms with Gasteiger partial charge < -0.3 is 10.1 Å². The van der Waals surface area contributed by atoms with E-state index < -0.39 is 0 Å². The zero-order chi connectivity index (χ0) is 15.0. The van der Waals surface area contributed by atoms with Crippen LogP contribution in [0.4, 0.5) is 5.69 Å². The van der Waals surface area contributed by atoms with E-state index in [9.17, 15) is 9.59 Å². The Kier molecular flexibility index (Phi) is 3.33. The second-order valence-corrected chi connectivity index (χ2v) is 6.08. The van der Waals surface area contributed by atoms with Gasteiger partial charge in [0.2, 0.25) is 0 Å². The van der Waals surface area contributed by atoms with E-state index in [0.29, 0.717) is 23.1 Å². The average molecular weight is 289 g/mol. The first-order valence-corrected chi connectivity index (χ1v) is 7.10. The number of fused-ring (bicyclic) bond motifs is 1. The van der Waals surface area contributed by atoms with Crippen LogP contribution in [0.3, 0.4) is 0 Å². The summed E-state index contributed by atoms with van der Waals surface area (Å²) >= 11 is 0. The minimum absolute atomic E-state index is 0.176. The minimum Gasteiger partial charge on any atom is -0.381 e. The third-order valence-corrected chi connectivity index (χ3v) is 3.88. The Hall–Kier alpha value is -2.08. The number of aromatic amines is 2. The van der Waals surface area contributed by atoms with Crippen molar-refractivity contribution >= 4 is 16.5 Å². The molecule has 3 N–H and O–H groups in total. The molecule has 2 aromatic rings. The van der Waals surface area contributed by atoms with Crippen LogP contribution in [0.2, 0.25) is 0 Å². The lowest BCUT2D eigenvalue weighted by Gasteiger charge is -2.36. The molecule has 2 heterocycles. The molecule has 0 bridgehead atoms. The average Bonchev–Trinajstić information content (AvgIpc) is 2.42. The van der Waals surface area contributed by atoms with Gasteiger partial charge in [-0.15, -0.1) is 0 Å². The molecule has 3 rings (SSSR count). The molecule has 21 heavy (non-hydrogen) atoms. The van der Waals surface area contributed by atoms with E-state index in [1.165, 1.54) is 0 Å². The maximum absolute atomic E-state index is 12.0. The van der Waals surface area contributed by atoms with E-state index in [1.54, 1.807) is 12.1 Å². The molecule has 0 spiro atoms. The number of ether oxygens (including phenoxy) is 1. The number of H-pyrrole nitrogens is 2. The highest BCUT2D eigenvalue weighted by atomic mass is 16.5. The molecule has 1 unspecified atom stereocenters. The van der Waals surface area contributed by atoms with Gasteiger partial charge in [-0.3, -0.25) is 19.8 Å². The Morgan fingerprint density at radius 3 is 2.76 bits per heavy atom. The monoisotopic (exact) mass is 289 g/mol. The largest absolute Gasteiger partial charge is 0.381 e. The van der Waals surface area contributed by atoms with Crippen molar-refractivity contribution in [3.63, 3.8) is 0 Å². The van der Waals surface area contributed by atoms with E-state index in [4.69, 9.17) is 4.74 Å². The molecule has 1 aliphatic heterocycles. The minimum atomic E-state index is -0.293. The predicted molar refractivity (Wildman–Crippen MR) is 81.9 cm³/mol. The van der Waals surface area contributed by atoms with Crippen molar-refractivity contribution in [1.82, 2.24) is 10.2 Å². The third-order valence-electron chi connectivity index (χ3n) is 3.88. The number of nitrogens with one attached hydrogen (secondary N) is 3. The molecule has 1 aliphatic rings. The van der Waals surface area contributed by atoms with Crippen LogP contribution in [-0.4, -0.2) is 28.4 Å². The van der Waals surface area contributed by atoms with Crippen molar-refractivity contribution in [2.45, 2.75) is 38.3 Å². The summed E-state index contributed by atoms with van der Waals surface area (Å²) in [5, 5.41) is 8.93. The van der Waals surface area contributed by atoms with Crippen LogP contribution in [0.1, 0.15) is 26.7 Å². The number of rotatable bonds is 2. The first-order valence-electron chi connectivity index (χ1n) is 7.10. The van der Waals surface area contributed by atoms with Gasteiger partial charge in [-0.05, 0) is 38.8 Å². The highest BCUT2D eigenvalue weighted by molar-refractivity contribution is 5.92. The van der Waals surface area contributed by atoms with Gasteiger partial charge in [0.25, 0.3) is 11.1 Å². The molecular weight excluding hydrogens is 270 g/mol. The second kappa shape index (κ2) is 5.04. The fourth-order valence-corrected chi connectivity index (χ4v) is 2.92. The molecule has 0 aliphatic carbocycles. The van der Waals surface area contributed by atoms with Crippen molar-refractivity contribution in [2.75, 3.05) is 11.9 Å². The highest BCUT2D eigenvalue weighted by Gasteiger charge is 2.29. The van der Waals surface area contributed by atoms with Crippen LogP contribution >= 0.6 is 0 Å². The number of aromatic nitrogens is 2. The number of benzene rings is 1. The maximum Gasteiger partial charge on any atom is 0.272 e. The fraction of sp³-hybridized carbons (Fsp3) is 0.467. The molecule has 1 fully saturated rings. The summed E-state index contributed by atoms with van der Waals surface area (Å²) in [5.74, 6) is 0. The Bertz CT molecular complexity index is 776. The van der Waals surface area contributed by atoms with Crippen molar-refractivity contribution in [2.24, 2.45) is 0 Å². The molecule has 1 atom stereocenters. The number of hydrogen-bond donors (Lipinski definition) is 3. The molecular formula is C15H19N3O3. The van der Waals surface area contributed by atoms with Gasteiger partial charge in [-0.1, -0.05) is 6.07 Å². The lowest BCUT2D eigenvalue weighted by molar-refractivity contribution is -0.0553. The van der Waals surface area contributed by atoms with Gasteiger partial charge in [0.15, 0.2) is 0 Å². The van der Waals surface area contributed by atoms with Crippen LogP contribution in [0.15, 0.2) is 27.8 Å². The molecule has 1 aromatic carbocycles. The molecule has 0 amide bonds. The molecule has 1 saturated heterocycles. The van der Waals surface area contributed by atoms with E-state index in [1.807, 2.05) is 6.07 Å². The summed E-state index contributed by atoms with van der Waals surface area (Å²) in [7, 11) is 0. The van der Waals surface area contributed by atoms with E-state index in [2.05, 4.69) is 29.4 Å². The van der Waals surface area contributed by atoms with Crippen molar-refractivity contribution < 1.29 is 4.74 Å². The van der Waals surface area contributed by atoms with Crippen LogP contribution < -0.4 is 16.4 Å². The summed E-state index contributed by atoms with van der Waals surface area (Å²) in [5.41, 5.74) is -0.0631. The van der Waals surface area contributed by atoms with Crippen molar-refractivity contribution in [3.8, 4) is 0 Å². The van der Waals surface area contributed by atoms with E-state index in [-0.39, 0.29) is 22.8 Å². The summed E-state index contributed by atoms with van der Waals surface area (Å²) < 4.78 is 5.70. The molecule has 1 aromatic heterocycles. The first kappa shape index (κ1) is 13.9. The summed E-state index contributed by atoms with van der Waals surface area (Å²) in [4.78, 5) is 23.8. The quantitative estimate of drug-likeness (QED) is 0.783. The Morgan fingerprint density at radius 2 is 2.00 bits per heavy atom. The SMILES string of the molecule is CC1(C)CC(Nc2cccc3c(=O)[nH][nH]c(=O)c23)CCO1. The number of hydrogen-bond acceptors (Lipinski definition) is 4. The maximum atomic E-state index is 12.0. The normalized spacial score (nSPS) is 21.3. The van der Waals surface area contributed by atoms with Gasteiger partial charge >= 0.3 is 0 Å². The van der Waals surface area contributed by atoms with Crippen molar-refractivity contribution in [3.05, 3.63) is 38.9 Å². The molecule has 0 saturated carbocycles. The van der Waals surface area contributed by atoms with Crippen molar-refractivity contribution in [1.29, 1.82) is 0 Å². The standard InChI is InChI=1S/C15H19N3O3/c1-15(2)8-9(6-7-21-15)16-11-5-3-4-10-12(11)14(20)18-17-13(10)19/h3-5,9,16H,6-8H2,1-2H3,(H,17,19)(H,18,20). The van der Waals surface area contributed by atoms with E-state index >= 15 is 0 Å². The van der Waals surface area contributed by atoms with Gasteiger partial charge in [0, 0.05) is 18.3 Å². The van der Waals surface area contributed by atoms with Gasteiger partial charge in [-0.25, -0.2) is 0 Å². The van der Waals surface area contributed by atoms with Gasteiger partial charge in [-0.2, -0.15) is 0 Å². The lowest BCUT2D eigenvalue weighted by atomic mass is 9.93. The molecule has 112 valence electrons. The molecule has 6 heteroatoms. The summed E-state index contributed by atoms with van der Waals surface area (Å²) in [6.07, 6.45) is 1.73. The van der Waals surface area contributed by atoms with Gasteiger partial charge in [0.1, 0.15) is 0 Å². The van der Waals surface area contributed by atoms with Crippen LogP contribution in [0.25, 0.3) is 10.8 Å². The Labute approximate surface area is 121 Å².